The van der Waals surface area contributed by atoms with E-state index in [4.69, 9.17) is 0 Å². The third-order valence-electron chi connectivity index (χ3n) is 4.33. The highest BCUT2D eigenvalue weighted by molar-refractivity contribution is 5.94. The number of ketones is 1. The van der Waals surface area contributed by atoms with Gasteiger partial charge in [0.15, 0.2) is 5.78 Å². The van der Waals surface area contributed by atoms with Crippen LogP contribution in [0.1, 0.15) is 22.8 Å². The van der Waals surface area contributed by atoms with Crippen LogP contribution in [0.2, 0.25) is 0 Å². The number of hydrogen-bond donors (Lipinski definition) is 1. The molecule has 0 aliphatic carbocycles. The lowest BCUT2D eigenvalue weighted by Gasteiger charge is -2.36. The maximum Gasteiger partial charge on any atom is 0.159 e. The van der Waals surface area contributed by atoms with E-state index in [1.165, 1.54) is 5.69 Å². The molecule has 0 aromatic heterocycles. The first-order valence-electron chi connectivity index (χ1n) is 7.98. The van der Waals surface area contributed by atoms with E-state index in [9.17, 15) is 9.90 Å². The Balaban J connectivity index is 1.56. The van der Waals surface area contributed by atoms with Crippen LogP contribution < -0.4 is 4.90 Å². The van der Waals surface area contributed by atoms with Crippen molar-refractivity contribution < 1.29 is 9.90 Å². The van der Waals surface area contributed by atoms with E-state index in [0.717, 1.165) is 43.9 Å². The number of carbonyl (C=O) groups excluding carboxylic acids is 1. The zero-order valence-corrected chi connectivity index (χ0v) is 13.4. The van der Waals surface area contributed by atoms with Gasteiger partial charge in [0.25, 0.3) is 0 Å². The maximum atomic E-state index is 11.3. The van der Waals surface area contributed by atoms with Crippen molar-refractivity contribution in [2.75, 3.05) is 31.1 Å². The minimum Gasteiger partial charge on any atom is -0.508 e. The first-order valence-corrected chi connectivity index (χ1v) is 7.98. The lowest BCUT2D eigenvalue weighted by atomic mass is 10.1. The number of anilines is 1. The van der Waals surface area contributed by atoms with Gasteiger partial charge in [-0.05, 0) is 48.9 Å². The summed E-state index contributed by atoms with van der Waals surface area (Å²) in [6.45, 7) is 6.38. The summed E-state index contributed by atoms with van der Waals surface area (Å²) in [6.07, 6.45) is 0. The number of carbonyl (C=O) groups is 1. The summed E-state index contributed by atoms with van der Waals surface area (Å²) in [5, 5.41) is 9.54. The second-order valence-electron chi connectivity index (χ2n) is 6.04. The largest absolute Gasteiger partial charge is 0.508 e. The fraction of sp³-hybridized carbons (Fsp3) is 0.316. The summed E-state index contributed by atoms with van der Waals surface area (Å²) in [7, 11) is 0. The van der Waals surface area contributed by atoms with Gasteiger partial charge in [0, 0.05) is 44.0 Å². The molecule has 1 heterocycles. The molecular formula is C19H22N2O2. The van der Waals surface area contributed by atoms with E-state index in [0.29, 0.717) is 5.75 Å². The Morgan fingerprint density at radius 3 is 2.35 bits per heavy atom. The molecule has 4 nitrogen and oxygen atoms in total. The standard InChI is InChI=1S/C19H22N2O2/c1-15(22)17-5-7-18(8-6-17)21-11-9-20(10-12-21)14-16-3-2-4-19(23)13-16/h2-8,13,23H,9-12,14H2,1H3. The SMILES string of the molecule is CC(=O)c1ccc(N2CCN(Cc3cccc(O)c3)CC2)cc1. The molecule has 0 unspecified atom stereocenters. The van der Waals surface area contributed by atoms with Crippen molar-refractivity contribution in [3.8, 4) is 5.75 Å². The van der Waals surface area contributed by atoms with Crippen molar-refractivity contribution in [1.82, 2.24) is 4.90 Å². The van der Waals surface area contributed by atoms with Gasteiger partial charge in [0.1, 0.15) is 5.75 Å². The highest BCUT2D eigenvalue weighted by atomic mass is 16.3. The lowest BCUT2D eigenvalue weighted by Crippen LogP contribution is -2.45. The third-order valence-corrected chi connectivity index (χ3v) is 4.33. The molecule has 1 fully saturated rings. The van der Waals surface area contributed by atoms with Gasteiger partial charge in [-0.1, -0.05) is 12.1 Å². The zero-order chi connectivity index (χ0) is 16.2. The Bertz CT molecular complexity index is 674. The summed E-state index contributed by atoms with van der Waals surface area (Å²) in [4.78, 5) is 16.1. The molecule has 3 rings (SSSR count). The molecule has 23 heavy (non-hydrogen) atoms. The van der Waals surface area contributed by atoms with Crippen LogP contribution in [0.3, 0.4) is 0 Å². The molecule has 120 valence electrons. The minimum atomic E-state index is 0.104. The highest BCUT2D eigenvalue weighted by Crippen LogP contribution is 2.19. The summed E-state index contributed by atoms with van der Waals surface area (Å²) < 4.78 is 0. The van der Waals surface area contributed by atoms with Crippen LogP contribution in [-0.2, 0) is 6.54 Å². The van der Waals surface area contributed by atoms with Crippen molar-refractivity contribution in [3.63, 3.8) is 0 Å². The predicted molar refractivity (Wildman–Crippen MR) is 92.0 cm³/mol. The van der Waals surface area contributed by atoms with Gasteiger partial charge in [-0.25, -0.2) is 0 Å². The zero-order valence-electron chi connectivity index (χ0n) is 13.4. The summed E-state index contributed by atoms with van der Waals surface area (Å²) >= 11 is 0. The first kappa shape index (κ1) is 15.6. The second-order valence-corrected chi connectivity index (χ2v) is 6.04. The van der Waals surface area contributed by atoms with E-state index in [-0.39, 0.29) is 5.78 Å². The van der Waals surface area contributed by atoms with E-state index in [1.807, 2.05) is 42.5 Å². The molecule has 0 spiro atoms. The number of phenols is 1. The molecule has 1 aliphatic heterocycles. The fourth-order valence-electron chi connectivity index (χ4n) is 2.98. The number of aromatic hydroxyl groups is 1. The van der Waals surface area contributed by atoms with Gasteiger partial charge in [0.2, 0.25) is 0 Å². The number of hydrogen-bond acceptors (Lipinski definition) is 4. The number of nitrogens with zero attached hydrogens (tertiary/aromatic N) is 2. The molecule has 0 saturated carbocycles. The van der Waals surface area contributed by atoms with Crippen LogP contribution in [0, 0.1) is 0 Å². The van der Waals surface area contributed by atoms with Crippen LogP contribution in [0.4, 0.5) is 5.69 Å². The van der Waals surface area contributed by atoms with E-state index in [2.05, 4.69) is 9.80 Å². The van der Waals surface area contributed by atoms with Crippen molar-refractivity contribution in [3.05, 3.63) is 59.7 Å². The normalized spacial score (nSPS) is 15.6. The van der Waals surface area contributed by atoms with Crippen molar-refractivity contribution in [2.24, 2.45) is 0 Å². The average molecular weight is 310 g/mol. The van der Waals surface area contributed by atoms with Gasteiger partial charge >= 0.3 is 0 Å². The minimum absolute atomic E-state index is 0.104. The molecule has 0 bridgehead atoms. The third kappa shape index (κ3) is 3.90. The molecule has 2 aromatic rings. The Kier molecular flexibility index (Phi) is 4.63. The topological polar surface area (TPSA) is 43.8 Å². The molecule has 0 radical (unpaired) electrons. The van der Waals surface area contributed by atoms with Crippen LogP contribution in [0.5, 0.6) is 5.75 Å². The predicted octanol–water partition coefficient (Wildman–Crippen LogP) is 2.92. The van der Waals surface area contributed by atoms with Crippen molar-refractivity contribution in [1.29, 1.82) is 0 Å². The second kappa shape index (κ2) is 6.84. The van der Waals surface area contributed by atoms with Gasteiger partial charge in [-0.15, -0.1) is 0 Å². The highest BCUT2D eigenvalue weighted by Gasteiger charge is 2.17. The summed E-state index contributed by atoms with van der Waals surface area (Å²) in [5.41, 5.74) is 3.08. The number of rotatable bonds is 4. The van der Waals surface area contributed by atoms with Crippen LogP contribution in [0.25, 0.3) is 0 Å². The van der Waals surface area contributed by atoms with Crippen molar-refractivity contribution in [2.45, 2.75) is 13.5 Å². The molecule has 4 heteroatoms. The summed E-state index contributed by atoms with van der Waals surface area (Å²) in [5.74, 6) is 0.430. The van der Waals surface area contributed by atoms with E-state index in [1.54, 1.807) is 13.0 Å². The quantitative estimate of drug-likeness (QED) is 0.882. The van der Waals surface area contributed by atoms with E-state index < -0.39 is 0 Å². The number of phenolic OH excluding ortho intramolecular Hbond substituents is 1. The van der Waals surface area contributed by atoms with Crippen molar-refractivity contribution >= 4 is 11.5 Å². The Labute approximate surface area is 137 Å². The maximum absolute atomic E-state index is 11.3. The van der Waals surface area contributed by atoms with Gasteiger partial charge in [-0.3, -0.25) is 9.69 Å². The smallest absolute Gasteiger partial charge is 0.159 e. The molecule has 0 amide bonds. The average Bonchev–Trinajstić information content (AvgIpc) is 2.56. The van der Waals surface area contributed by atoms with Crippen LogP contribution in [-0.4, -0.2) is 42.0 Å². The van der Waals surface area contributed by atoms with Crippen LogP contribution in [0.15, 0.2) is 48.5 Å². The molecule has 2 aromatic carbocycles. The lowest BCUT2D eigenvalue weighted by molar-refractivity contribution is 0.101. The first-order chi connectivity index (χ1) is 11.1. The Morgan fingerprint density at radius 2 is 1.74 bits per heavy atom. The molecule has 1 N–H and O–H groups in total. The van der Waals surface area contributed by atoms with Crippen LogP contribution >= 0.6 is 0 Å². The fourth-order valence-corrected chi connectivity index (χ4v) is 2.98. The van der Waals surface area contributed by atoms with E-state index >= 15 is 0 Å². The Morgan fingerprint density at radius 1 is 1.04 bits per heavy atom. The number of benzene rings is 2. The number of piperazine rings is 1. The molecule has 1 saturated heterocycles. The molecule has 0 atom stereocenters. The van der Waals surface area contributed by atoms with Gasteiger partial charge in [0.05, 0.1) is 0 Å². The van der Waals surface area contributed by atoms with Gasteiger partial charge in [-0.2, -0.15) is 0 Å². The number of Topliss-reactive ketones (excluding diaryl/α,β-unsaturated/α-hetero) is 1. The molecule has 1 aliphatic rings. The monoisotopic (exact) mass is 310 g/mol. The molecular weight excluding hydrogens is 288 g/mol. The Hall–Kier alpha value is -2.33. The summed E-state index contributed by atoms with van der Waals surface area (Å²) in [6, 6.07) is 15.3. The van der Waals surface area contributed by atoms with Gasteiger partial charge < -0.3 is 10.0 Å².